The van der Waals surface area contributed by atoms with Crippen molar-refractivity contribution in [1.29, 1.82) is 0 Å². The van der Waals surface area contributed by atoms with E-state index in [9.17, 15) is 13.6 Å². The predicted molar refractivity (Wildman–Crippen MR) is 77.8 cm³/mol. The number of carbonyl (C=O) groups is 1. The molecule has 0 bridgehead atoms. The fourth-order valence-corrected chi connectivity index (χ4v) is 2.48. The molecule has 114 valence electrons. The van der Waals surface area contributed by atoms with E-state index in [1.54, 1.807) is 13.0 Å². The van der Waals surface area contributed by atoms with Crippen molar-refractivity contribution in [1.82, 2.24) is 15.1 Å². The van der Waals surface area contributed by atoms with Gasteiger partial charge in [0.25, 0.3) is 5.91 Å². The molecule has 0 atom stereocenters. The van der Waals surface area contributed by atoms with E-state index >= 15 is 0 Å². The second-order valence-corrected chi connectivity index (χ2v) is 5.29. The van der Waals surface area contributed by atoms with Crippen LogP contribution in [0.3, 0.4) is 0 Å². The van der Waals surface area contributed by atoms with E-state index in [4.69, 9.17) is 0 Å². The molecule has 0 spiro atoms. The first kappa shape index (κ1) is 14.4. The van der Waals surface area contributed by atoms with Crippen molar-refractivity contribution < 1.29 is 13.6 Å². The highest BCUT2D eigenvalue weighted by Gasteiger charge is 2.19. The predicted octanol–water partition coefficient (Wildman–Crippen LogP) is 2.91. The lowest BCUT2D eigenvalue weighted by Gasteiger charge is -2.10. The van der Waals surface area contributed by atoms with E-state index in [0.717, 1.165) is 25.0 Å². The van der Waals surface area contributed by atoms with Gasteiger partial charge in [-0.15, -0.1) is 0 Å². The second kappa shape index (κ2) is 5.71. The minimum Gasteiger partial charge on any atom is -0.347 e. The first-order valence-electron chi connectivity index (χ1n) is 7.02. The van der Waals surface area contributed by atoms with E-state index in [1.807, 2.05) is 12.2 Å². The quantitative estimate of drug-likeness (QED) is 0.886. The van der Waals surface area contributed by atoms with Gasteiger partial charge in [0.15, 0.2) is 11.5 Å². The fourth-order valence-electron chi connectivity index (χ4n) is 2.48. The molecular weight excluding hydrogens is 288 g/mol. The summed E-state index contributed by atoms with van der Waals surface area (Å²) in [4.78, 5) is 12.2. The maximum Gasteiger partial charge on any atom is 0.272 e. The maximum atomic E-state index is 13.8. The number of amides is 1. The number of aryl methyl sites for hydroxylation is 1. The van der Waals surface area contributed by atoms with Gasteiger partial charge in [-0.05, 0) is 38.0 Å². The molecule has 1 aromatic carbocycles. The summed E-state index contributed by atoms with van der Waals surface area (Å²) in [5, 5.41) is 7.01. The minimum atomic E-state index is -0.724. The second-order valence-electron chi connectivity index (χ2n) is 5.29. The molecule has 1 aliphatic rings. The number of benzene rings is 1. The molecule has 2 aromatic rings. The van der Waals surface area contributed by atoms with Gasteiger partial charge >= 0.3 is 0 Å². The topological polar surface area (TPSA) is 46.9 Å². The van der Waals surface area contributed by atoms with Gasteiger partial charge in [-0.2, -0.15) is 5.10 Å². The monoisotopic (exact) mass is 303 g/mol. The van der Waals surface area contributed by atoms with Crippen molar-refractivity contribution in [2.24, 2.45) is 0 Å². The van der Waals surface area contributed by atoms with E-state index < -0.39 is 11.6 Å². The zero-order valence-electron chi connectivity index (χ0n) is 12.0. The Labute approximate surface area is 126 Å². The van der Waals surface area contributed by atoms with E-state index in [-0.39, 0.29) is 23.3 Å². The third-order valence-electron chi connectivity index (χ3n) is 3.60. The zero-order chi connectivity index (χ0) is 15.7. The molecule has 22 heavy (non-hydrogen) atoms. The molecule has 4 nitrogen and oxygen atoms in total. The molecule has 1 N–H and O–H groups in total. The molecule has 1 aliphatic carbocycles. The number of carbonyl (C=O) groups excluding carboxylic acids is 1. The average molecular weight is 303 g/mol. The lowest BCUT2D eigenvalue weighted by atomic mass is 10.2. The first-order chi connectivity index (χ1) is 10.5. The Kier molecular flexibility index (Phi) is 3.75. The highest BCUT2D eigenvalue weighted by atomic mass is 19.1. The fraction of sp³-hybridized carbons (Fsp3) is 0.250. The SMILES string of the molecule is Cc1cc(C(=O)NC2CC=CC2)nn1-c1ccc(F)cc1F. The van der Waals surface area contributed by atoms with Crippen LogP contribution >= 0.6 is 0 Å². The number of hydrogen-bond acceptors (Lipinski definition) is 2. The highest BCUT2D eigenvalue weighted by molar-refractivity contribution is 5.92. The number of aromatic nitrogens is 2. The third-order valence-corrected chi connectivity index (χ3v) is 3.60. The summed E-state index contributed by atoms with van der Waals surface area (Å²) in [6.45, 7) is 1.71. The van der Waals surface area contributed by atoms with Crippen molar-refractivity contribution in [2.45, 2.75) is 25.8 Å². The van der Waals surface area contributed by atoms with E-state index in [1.165, 1.54) is 10.7 Å². The molecular formula is C16H15F2N3O. The van der Waals surface area contributed by atoms with Crippen LogP contribution in [0.5, 0.6) is 0 Å². The van der Waals surface area contributed by atoms with Crippen LogP contribution in [-0.2, 0) is 0 Å². The molecule has 0 unspecified atom stereocenters. The van der Waals surface area contributed by atoms with Gasteiger partial charge in [0, 0.05) is 17.8 Å². The van der Waals surface area contributed by atoms with E-state index in [0.29, 0.717) is 5.69 Å². The molecule has 1 amide bonds. The third kappa shape index (κ3) is 2.77. The van der Waals surface area contributed by atoms with Crippen LogP contribution in [0.4, 0.5) is 8.78 Å². The van der Waals surface area contributed by atoms with Crippen LogP contribution in [0.2, 0.25) is 0 Å². The number of nitrogens with one attached hydrogen (secondary N) is 1. The lowest BCUT2D eigenvalue weighted by molar-refractivity contribution is 0.0933. The summed E-state index contributed by atoms with van der Waals surface area (Å²) >= 11 is 0. The first-order valence-corrected chi connectivity index (χ1v) is 7.02. The van der Waals surface area contributed by atoms with Gasteiger partial charge in [0.1, 0.15) is 11.5 Å². The Balaban J connectivity index is 1.85. The zero-order valence-corrected chi connectivity index (χ0v) is 12.0. The molecule has 0 fully saturated rings. The largest absolute Gasteiger partial charge is 0.347 e. The van der Waals surface area contributed by atoms with Gasteiger partial charge in [-0.3, -0.25) is 4.79 Å². The Hall–Kier alpha value is -2.50. The van der Waals surface area contributed by atoms with Gasteiger partial charge in [0.2, 0.25) is 0 Å². The van der Waals surface area contributed by atoms with Crippen molar-refractivity contribution in [2.75, 3.05) is 0 Å². The summed E-state index contributed by atoms with van der Waals surface area (Å²) in [5.74, 6) is -1.67. The van der Waals surface area contributed by atoms with Crippen molar-refractivity contribution in [3.8, 4) is 5.69 Å². The summed E-state index contributed by atoms with van der Waals surface area (Å²) in [6, 6.07) is 4.91. The summed E-state index contributed by atoms with van der Waals surface area (Å²) < 4.78 is 28.1. The standard InChI is InChI=1S/C16H15F2N3O/c1-10-8-14(16(22)19-12-4-2-3-5-12)20-21(10)15-7-6-11(17)9-13(15)18/h2-3,6-9,12H,4-5H2,1H3,(H,19,22). The maximum absolute atomic E-state index is 13.8. The Morgan fingerprint density at radius 3 is 2.68 bits per heavy atom. The Morgan fingerprint density at radius 1 is 1.27 bits per heavy atom. The van der Waals surface area contributed by atoms with Gasteiger partial charge in [0.05, 0.1) is 0 Å². The molecule has 6 heteroatoms. The summed E-state index contributed by atoms with van der Waals surface area (Å²) in [5.41, 5.74) is 0.925. The number of rotatable bonds is 3. The number of halogens is 2. The molecule has 0 radical (unpaired) electrons. The van der Waals surface area contributed by atoms with Crippen LogP contribution in [-0.4, -0.2) is 21.7 Å². The smallest absolute Gasteiger partial charge is 0.272 e. The molecule has 1 heterocycles. The van der Waals surface area contributed by atoms with Crippen LogP contribution in [0.25, 0.3) is 5.69 Å². The molecule has 0 saturated heterocycles. The molecule has 3 rings (SSSR count). The molecule has 1 aromatic heterocycles. The van der Waals surface area contributed by atoms with Crippen molar-refractivity contribution >= 4 is 5.91 Å². The van der Waals surface area contributed by atoms with Crippen LogP contribution in [0.1, 0.15) is 29.0 Å². The number of hydrogen-bond donors (Lipinski definition) is 1. The molecule has 0 saturated carbocycles. The van der Waals surface area contributed by atoms with Crippen LogP contribution in [0.15, 0.2) is 36.4 Å². The van der Waals surface area contributed by atoms with Crippen molar-refractivity contribution in [3.05, 3.63) is 59.4 Å². The Bertz CT molecular complexity index is 744. The summed E-state index contributed by atoms with van der Waals surface area (Å²) in [7, 11) is 0. The van der Waals surface area contributed by atoms with Crippen molar-refractivity contribution in [3.63, 3.8) is 0 Å². The average Bonchev–Trinajstić information content (AvgIpc) is 3.09. The number of nitrogens with zero attached hydrogens (tertiary/aromatic N) is 2. The Morgan fingerprint density at radius 2 is 2.00 bits per heavy atom. The van der Waals surface area contributed by atoms with Gasteiger partial charge in [-0.1, -0.05) is 12.2 Å². The minimum absolute atomic E-state index is 0.0838. The lowest BCUT2D eigenvalue weighted by Crippen LogP contribution is -2.33. The van der Waals surface area contributed by atoms with Gasteiger partial charge in [-0.25, -0.2) is 13.5 Å². The summed E-state index contributed by atoms with van der Waals surface area (Å²) in [6.07, 6.45) is 5.64. The van der Waals surface area contributed by atoms with Crippen LogP contribution in [0, 0.1) is 18.6 Å². The highest BCUT2D eigenvalue weighted by Crippen LogP contribution is 2.17. The molecule has 0 aliphatic heterocycles. The van der Waals surface area contributed by atoms with E-state index in [2.05, 4.69) is 10.4 Å². The normalized spacial score (nSPS) is 14.5. The van der Waals surface area contributed by atoms with Crippen LogP contribution < -0.4 is 5.32 Å². The van der Waals surface area contributed by atoms with Gasteiger partial charge < -0.3 is 5.32 Å².